The van der Waals surface area contributed by atoms with Crippen molar-refractivity contribution in [3.05, 3.63) is 52.2 Å². The number of nitrogens with zero attached hydrogens (tertiary/aromatic N) is 1. The average Bonchev–Trinajstić information content (AvgIpc) is 3.47. The van der Waals surface area contributed by atoms with Crippen molar-refractivity contribution in [2.24, 2.45) is 0 Å². The van der Waals surface area contributed by atoms with Crippen LogP contribution in [0.1, 0.15) is 35.0 Å². The van der Waals surface area contributed by atoms with Crippen LogP contribution in [0.4, 0.5) is 0 Å². The second-order valence-corrected chi connectivity index (χ2v) is 9.52. The minimum atomic E-state index is -0.646. The Morgan fingerprint density at radius 3 is 2.61 bits per heavy atom. The number of hydrogen-bond donors (Lipinski definition) is 2. The molecule has 2 aromatic rings. The monoisotopic (exact) mass is 489 g/mol. The highest BCUT2D eigenvalue weighted by atomic mass is 32.2. The van der Waals surface area contributed by atoms with Crippen LogP contribution in [0.25, 0.3) is 0 Å². The summed E-state index contributed by atoms with van der Waals surface area (Å²) in [4.78, 5) is 52.2. The molecule has 3 rings (SSSR count). The van der Waals surface area contributed by atoms with E-state index in [2.05, 4.69) is 10.6 Å². The number of carbonyl (C=O) groups excluding carboxylic acids is 4. The van der Waals surface area contributed by atoms with Crippen LogP contribution in [0.2, 0.25) is 0 Å². The van der Waals surface area contributed by atoms with E-state index in [4.69, 9.17) is 4.74 Å². The first kappa shape index (κ1) is 24.8. The molecule has 2 N–H and O–H groups in total. The topological polar surface area (TPSA) is 105 Å². The number of rotatable bonds is 12. The molecule has 1 aliphatic carbocycles. The maximum absolute atomic E-state index is 12.6. The predicted molar refractivity (Wildman–Crippen MR) is 127 cm³/mol. The molecule has 33 heavy (non-hydrogen) atoms. The number of nitrogens with one attached hydrogen (secondary N) is 2. The van der Waals surface area contributed by atoms with Gasteiger partial charge in [0.05, 0.1) is 24.4 Å². The van der Waals surface area contributed by atoms with E-state index >= 15 is 0 Å². The number of likely N-dealkylation sites (N-methyl/N-ethyl adjacent to an activating group) is 1. The molecular formula is C23H27N3O5S2. The molecule has 1 heterocycles. The molecule has 8 nitrogen and oxygen atoms in total. The summed E-state index contributed by atoms with van der Waals surface area (Å²) in [7, 11) is 0. The van der Waals surface area contributed by atoms with E-state index in [1.54, 1.807) is 31.2 Å². The SMILES string of the molecule is CCN(CC(=O)NCc1cccs1)C(=O)COC(=O)c1ccccc1SCC(=O)NC1CC1. The molecule has 0 radical (unpaired) electrons. The van der Waals surface area contributed by atoms with Crippen LogP contribution in [-0.2, 0) is 25.7 Å². The van der Waals surface area contributed by atoms with Crippen molar-refractivity contribution in [1.29, 1.82) is 0 Å². The van der Waals surface area contributed by atoms with Gasteiger partial charge in [-0.2, -0.15) is 0 Å². The third kappa shape index (κ3) is 8.21. The summed E-state index contributed by atoms with van der Waals surface area (Å²) in [6.45, 7) is 1.90. The number of carbonyl (C=O) groups is 4. The number of esters is 1. The zero-order valence-corrected chi connectivity index (χ0v) is 20.0. The maximum Gasteiger partial charge on any atom is 0.339 e. The highest BCUT2D eigenvalue weighted by Gasteiger charge is 2.24. The third-order valence-corrected chi connectivity index (χ3v) is 6.79. The Kier molecular flexibility index (Phi) is 9.32. The first-order valence-electron chi connectivity index (χ1n) is 10.7. The lowest BCUT2D eigenvalue weighted by atomic mass is 10.2. The summed E-state index contributed by atoms with van der Waals surface area (Å²) in [5.41, 5.74) is 0.297. The Bertz CT molecular complexity index is 976. The van der Waals surface area contributed by atoms with Gasteiger partial charge in [-0.1, -0.05) is 18.2 Å². The Balaban J connectivity index is 1.46. The lowest BCUT2D eigenvalue weighted by Crippen LogP contribution is -2.42. The number of thiophene rings is 1. The van der Waals surface area contributed by atoms with Gasteiger partial charge in [0.1, 0.15) is 0 Å². The van der Waals surface area contributed by atoms with Crippen LogP contribution in [0, 0.1) is 0 Å². The van der Waals surface area contributed by atoms with E-state index in [0.29, 0.717) is 23.5 Å². The van der Waals surface area contributed by atoms with Gasteiger partial charge in [0.15, 0.2) is 6.61 Å². The third-order valence-electron chi connectivity index (χ3n) is 4.84. The van der Waals surface area contributed by atoms with Crippen molar-refractivity contribution in [2.75, 3.05) is 25.4 Å². The van der Waals surface area contributed by atoms with Crippen molar-refractivity contribution < 1.29 is 23.9 Å². The van der Waals surface area contributed by atoms with Crippen LogP contribution in [0.15, 0.2) is 46.7 Å². The Labute approximate surface area is 201 Å². The largest absolute Gasteiger partial charge is 0.452 e. The molecule has 10 heteroatoms. The fraction of sp³-hybridized carbons (Fsp3) is 0.391. The van der Waals surface area contributed by atoms with Crippen molar-refractivity contribution >= 4 is 46.8 Å². The molecular weight excluding hydrogens is 462 g/mol. The molecule has 1 aromatic carbocycles. The lowest BCUT2D eigenvalue weighted by molar-refractivity contribution is -0.138. The molecule has 0 unspecified atom stereocenters. The molecule has 3 amide bonds. The second-order valence-electron chi connectivity index (χ2n) is 7.47. The van der Waals surface area contributed by atoms with Gasteiger partial charge >= 0.3 is 5.97 Å². The molecule has 0 aliphatic heterocycles. The first-order chi connectivity index (χ1) is 16.0. The van der Waals surface area contributed by atoms with E-state index in [9.17, 15) is 19.2 Å². The van der Waals surface area contributed by atoms with Gasteiger partial charge in [0, 0.05) is 22.4 Å². The summed E-state index contributed by atoms with van der Waals surface area (Å²) in [6, 6.07) is 10.9. The Hall–Kier alpha value is -2.85. The molecule has 1 aromatic heterocycles. The predicted octanol–water partition coefficient (Wildman–Crippen LogP) is 2.44. The fourth-order valence-corrected chi connectivity index (χ4v) is 4.40. The van der Waals surface area contributed by atoms with Gasteiger partial charge in [-0.3, -0.25) is 14.4 Å². The van der Waals surface area contributed by atoms with Crippen LogP contribution < -0.4 is 10.6 Å². The summed E-state index contributed by atoms with van der Waals surface area (Å²) >= 11 is 2.79. The van der Waals surface area contributed by atoms with Crippen molar-refractivity contribution in [2.45, 2.75) is 37.2 Å². The lowest BCUT2D eigenvalue weighted by Gasteiger charge is -2.20. The Morgan fingerprint density at radius 2 is 1.91 bits per heavy atom. The first-order valence-corrected chi connectivity index (χ1v) is 12.6. The fourth-order valence-electron chi connectivity index (χ4n) is 2.90. The molecule has 0 spiro atoms. The van der Waals surface area contributed by atoms with E-state index in [1.807, 2.05) is 17.5 Å². The van der Waals surface area contributed by atoms with Gasteiger partial charge in [0.25, 0.3) is 5.91 Å². The van der Waals surface area contributed by atoms with Crippen molar-refractivity contribution in [1.82, 2.24) is 15.5 Å². The molecule has 0 saturated heterocycles. The molecule has 176 valence electrons. The van der Waals surface area contributed by atoms with Crippen molar-refractivity contribution in [3.63, 3.8) is 0 Å². The van der Waals surface area contributed by atoms with Crippen LogP contribution in [0.3, 0.4) is 0 Å². The average molecular weight is 490 g/mol. The van der Waals surface area contributed by atoms with Gasteiger partial charge in [0.2, 0.25) is 11.8 Å². The smallest absolute Gasteiger partial charge is 0.339 e. The number of ether oxygens (including phenoxy) is 1. The van der Waals surface area contributed by atoms with Crippen LogP contribution >= 0.6 is 23.1 Å². The summed E-state index contributed by atoms with van der Waals surface area (Å²) < 4.78 is 5.22. The standard InChI is InChI=1S/C23H27N3O5S2/c1-2-26(13-20(27)24-12-17-6-5-11-32-17)22(29)14-31-23(30)18-7-3-4-8-19(18)33-15-21(28)25-16-9-10-16/h3-8,11,16H,2,9-10,12-15H2,1H3,(H,24,27)(H,25,28). The summed E-state index contributed by atoms with van der Waals surface area (Å²) in [5, 5.41) is 7.61. The molecule has 1 saturated carbocycles. The van der Waals surface area contributed by atoms with Crippen molar-refractivity contribution in [3.8, 4) is 0 Å². The van der Waals surface area contributed by atoms with Gasteiger partial charge in [-0.15, -0.1) is 23.1 Å². The maximum atomic E-state index is 12.6. The van der Waals surface area contributed by atoms with E-state index < -0.39 is 18.5 Å². The number of benzene rings is 1. The minimum absolute atomic E-state index is 0.0724. The zero-order valence-electron chi connectivity index (χ0n) is 18.4. The molecule has 0 atom stereocenters. The summed E-state index contributed by atoms with van der Waals surface area (Å²) in [5.74, 6) is -1.25. The number of thioether (sulfide) groups is 1. The van der Waals surface area contributed by atoms with E-state index in [0.717, 1.165) is 17.7 Å². The molecule has 1 aliphatic rings. The second kappa shape index (κ2) is 12.4. The van der Waals surface area contributed by atoms with Crippen LogP contribution in [-0.4, -0.2) is 60.1 Å². The van der Waals surface area contributed by atoms with Gasteiger partial charge in [-0.25, -0.2) is 4.79 Å². The minimum Gasteiger partial charge on any atom is -0.452 e. The summed E-state index contributed by atoms with van der Waals surface area (Å²) in [6.07, 6.45) is 2.02. The zero-order chi connectivity index (χ0) is 23.6. The van der Waals surface area contributed by atoms with E-state index in [1.165, 1.54) is 28.0 Å². The van der Waals surface area contributed by atoms with Crippen LogP contribution in [0.5, 0.6) is 0 Å². The molecule has 1 fully saturated rings. The quantitative estimate of drug-likeness (QED) is 0.351. The normalized spacial score (nSPS) is 12.6. The van der Waals surface area contributed by atoms with Gasteiger partial charge < -0.3 is 20.3 Å². The van der Waals surface area contributed by atoms with Gasteiger partial charge in [-0.05, 0) is 43.3 Å². The molecule has 0 bridgehead atoms. The number of amides is 3. The highest BCUT2D eigenvalue weighted by Crippen LogP contribution is 2.24. The Morgan fingerprint density at radius 1 is 1.12 bits per heavy atom. The number of hydrogen-bond acceptors (Lipinski definition) is 7. The van der Waals surface area contributed by atoms with E-state index in [-0.39, 0.29) is 30.2 Å². The highest BCUT2D eigenvalue weighted by molar-refractivity contribution is 8.00.